The van der Waals surface area contributed by atoms with Crippen LogP contribution in [-0.4, -0.2) is 42.7 Å². The molecule has 30 heavy (non-hydrogen) atoms. The maximum absolute atomic E-state index is 12.9. The Morgan fingerprint density at radius 1 is 1.13 bits per heavy atom. The molecule has 0 aliphatic carbocycles. The van der Waals surface area contributed by atoms with Crippen molar-refractivity contribution >= 4 is 34.9 Å². The number of hydrogen-bond donors (Lipinski definition) is 1. The molecule has 2 rings (SSSR count). The number of rotatable bonds is 7. The van der Waals surface area contributed by atoms with E-state index in [-0.39, 0.29) is 18.1 Å². The molecule has 1 N–H and O–H groups in total. The maximum Gasteiger partial charge on any atom is 0.417 e. The quantitative estimate of drug-likeness (QED) is 0.657. The molecular formula is C20H18ClF3N2O4. The van der Waals surface area contributed by atoms with Crippen LogP contribution in [0.25, 0.3) is 0 Å². The van der Waals surface area contributed by atoms with Crippen LogP contribution < -0.4 is 10.1 Å². The number of likely N-dealkylation sites (N-methyl/N-ethyl adjacent to an activating group) is 1. The number of carbonyl (C=O) groups excluding carboxylic acids is 3. The smallest absolute Gasteiger partial charge is 0.417 e. The molecule has 0 saturated heterocycles. The molecule has 0 heterocycles. The molecule has 0 unspecified atom stereocenters. The summed E-state index contributed by atoms with van der Waals surface area (Å²) < 4.78 is 44.0. The molecular weight excluding hydrogens is 425 g/mol. The standard InChI is InChI=1S/C20H18ClF3N2O4/c1-12(27)13-4-3-5-15(8-13)30-11-19(29)26(2)10-18(28)25-14-6-7-17(21)16(9-14)20(22,23)24/h3-9H,10-11H2,1-2H3,(H,25,28). The van der Waals surface area contributed by atoms with Gasteiger partial charge in [0.25, 0.3) is 5.91 Å². The Morgan fingerprint density at radius 3 is 2.47 bits per heavy atom. The fourth-order valence-corrected chi connectivity index (χ4v) is 2.61. The van der Waals surface area contributed by atoms with E-state index in [1.807, 2.05) is 0 Å². The highest BCUT2D eigenvalue weighted by Gasteiger charge is 2.33. The fourth-order valence-electron chi connectivity index (χ4n) is 2.38. The lowest BCUT2D eigenvalue weighted by atomic mass is 10.1. The highest BCUT2D eigenvalue weighted by atomic mass is 35.5. The Morgan fingerprint density at radius 2 is 1.83 bits per heavy atom. The minimum absolute atomic E-state index is 0.102. The van der Waals surface area contributed by atoms with Crippen molar-refractivity contribution in [1.29, 1.82) is 0 Å². The van der Waals surface area contributed by atoms with Gasteiger partial charge in [0.05, 0.1) is 17.1 Å². The summed E-state index contributed by atoms with van der Waals surface area (Å²) in [6.07, 6.45) is -4.67. The molecule has 2 aromatic rings. The minimum atomic E-state index is -4.67. The third-order valence-corrected chi connectivity index (χ3v) is 4.29. The number of ketones is 1. The molecule has 6 nitrogen and oxygen atoms in total. The number of halogens is 4. The monoisotopic (exact) mass is 442 g/mol. The van der Waals surface area contributed by atoms with Crippen molar-refractivity contribution in [3.05, 3.63) is 58.6 Å². The minimum Gasteiger partial charge on any atom is -0.484 e. The fraction of sp³-hybridized carbons (Fsp3) is 0.250. The number of hydrogen-bond acceptors (Lipinski definition) is 4. The summed E-state index contributed by atoms with van der Waals surface area (Å²) in [5.41, 5.74) is -0.753. The molecule has 0 aliphatic heterocycles. The van der Waals surface area contributed by atoms with Crippen molar-refractivity contribution in [3.8, 4) is 5.75 Å². The second kappa shape index (κ2) is 9.62. The molecule has 2 aromatic carbocycles. The number of anilines is 1. The van der Waals surface area contributed by atoms with Crippen LogP contribution in [0.4, 0.5) is 18.9 Å². The number of Topliss-reactive ketones (excluding diaryl/α,β-unsaturated/α-hetero) is 1. The van der Waals surface area contributed by atoms with Crippen molar-refractivity contribution in [2.75, 3.05) is 25.5 Å². The van der Waals surface area contributed by atoms with Crippen LogP contribution in [0.1, 0.15) is 22.8 Å². The number of benzene rings is 2. The topological polar surface area (TPSA) is 75.7 Å². The third-order valence-electron chi connectivity index (χ3n) is 3.96. The van der Waals surface area contributed by atoms with Crippen LogP contribution in [-0.2, 0) is 15.8 Å². The van der Waals surface area contributed by atoms with Crippen molar-refractivity contribution in [1.82, 2.24) is 4.90 Å². The number of nitrogens with one attached hydrogen (secondary N) is 1. The lowest BCUT2D eigenvalue weighted by molar-refractivity contribution is -0.137. The molecule has 160 valence electrons. The van der Waals surface area contributed by atoms with Crippen LogP contribution in [0.15, 0.2) is 42.5 Å². The average Bonchev–Trinajstić information content (AvgIpc) is 2.66. The highest BCUT2D eigenvalue weighted by molar-refractivity contribution is 6.31. The molecule has 0 aromatic heterocycles. The van der Waals surface area contributed by atoms with Crippen molar-refractivity contribution in [3.63, 3.8) is 0 Å². The van der Waals surface area contributed by atoms with Gasteiger partial charge in [-0.3, -0.25) is 14.4 Å². The lowest BCUT2D eigenvalue weighted by Crippen LogP contribution is -2.37. The molecule has 0 bridgehead atoms. The van der Waals surface area contributed by atoms with Crippen molar-refractivity contribution in [2.24, 2.45) is 0 Å². The summed E-state index contributed by atoms with van der Waals surface area (Å²) >= 11 is 5.54. The summed E-state index contributed by atoms with van der Waals surface area (Å²) in [6.45, 7) is 0.610. The molecule has 0 spiro atoms. The molecule has 0 saturated carbocycles. The molecule has 0 fully saturated rings. The Balaban J connectivity index is 1.92. The zero-order chi connectivity index (χ0) is 22.5. The van der Waals surface area contributed by atoms with Gasteiger partial charge < -0.3 is 15.0 Å². The lowest BCUT2D eigenvalue weighted by Gasteiger charge is -2.18. The Bertz CT molecular complexity index is 963. The SMILES string of the molecule is CC(=O)c1cccc(OCC(=O)N(C)CC(=O)Nc2ccc(Cl)c(C(F)(F)F)c2)c1. The van der Waals surface area contributed by atoms with E-state index in [2.05, 4.69) is 5.32 Å². The van der Waals surface area contributed by atoms with Gasteiger partial charge in [-0.15, -0.1) is 0 Å². The average molecular weight is 443 g/mol. The number of carbonyl (C=O) groups is 3. The van der Waals surface area contributed by atoms with Gasteiger partial charge in [-0.25, -0.2) is 0 Å². The largest absolute Gasteiger partial charge is 0.484 e. The molecule has 0 radical (unpaired) electrons. The van der Waals surface area contributed by atoms with E-state index in [9.17, 15) is 27.6 Å². The first-order valence-corrected chi connectivity index (χ1v) is 8.99. The Labute approximate surface area is 175 Å². The summed E-state index contributed by atoms with van der Waals surface area (Å²) in [4.78, 5) is 36.6. The van der Waals surface area contributed by atoms with E-state index in [0.717, 1.165) is 11.0 Å². The zero-order valence-electron chi connectivity index (χ0n) is 16.0. The predicted octanol–water partition coefficient (Wildman–Crippen LogP) is 4.04. The zero-order valence-corrected chi connectivity index (χ0v) is 16.8. The summed E-state index contributed by atoms with van der Waals surface area (Å²) in [7, 11) is 1.35. The Kier molecular flexibility index (Phi) is 7.44. The van der Waals surface area contributed by atoms with Crippen molar-refractivity contribution < 1.29 is 32.3 Å². The van der Waals surface area contributed by atoms with E-state index >= 15 is 0 Å². The maximum atomic E-state index is 12.9. The summed E-state index contributed by atoms with van der Waals surface area (Å²) in [6, 6.07) is 9.24. The normalized spacial score (nSPS) is 11.0. The van der Waals surface area contributed by atoms with E-state index in [1.54, 1.807) is 18.2 Å². The van der Waals surface area contributed by atoms with Crippen molar-refractivity contribution in [2.45, 2.75) is 13.1 Å². The molecule has 0 atom stereocenters. The van der Waals surface area contributed by atoms with Crippen LogP contribution in [0.2, 0.25) is 5.02 Å². The van der Waals surface area contributed by atoms with Gasteiger partial charge in [-0.2, -0.15) is 13.2 Å². The third kappa shape index (κ3) is 6.48. The number of ether oxygens (including phenoxy) is 1. The van der Waals surface area contributed by atoms with E-state index in [1.165, 1.54) is 26.1 Å². The predicted molar refractivity (Wildman–Crippen MR) is 105 cm³/mol. The number of nitrogens with zero attached hydrogens (tertiary/aromatic N) is 1. The van der Waals surface area contributed by atoms with Gasteiger partial charge in [0.1, 0.15) is 5.75 Å². The van der Waals surface area contributed by atoms with E-state index < -0.39 is 35.1 Å². The molecule has 2 amide bonds. The summed E-state index contributed by atoms with van der Waals surface area (Å²) in [5, 5.41) is 1.80. The first-order valence-electron chi connectivity index (χ1n) is 8.61. The second-order valence-corrected chi connectivity index (χ2v) is 6.77. The highest BCUT2D eigenvalue weighted by Crippen LogP contribution is 2.36. The van der Waals surface area contributed by atoms with Gasteiger partial charge in [0, 0.05) is 18.3 Å². The van der Waals surface area contributed by atoms with Gasteiger partial charge in [-0.05, 0) is 37.3 Å². The van der Waals surface area contributed by atoms with Gasteiger partial charge in [0.15, 0.2) is 12.4 Å². The van der Waals surface area contributed by atoms with Crippen LogP contribution >= 0.6 is 11.6 Å². The van der Waals surface area contributed by atoms with Crippen LogP contribution in [0.3, 0.4) is 0 Å². The number of amides is 2. The molecule has 10 heteroatoms. The Hall–Kier alpha value is -3.07. The van der Waals surface area contributed by atoms with Gasteiger partial charge in [0.2, 0.25) is 5.91 Å². The summed E-state index contributed by atoms with van der Waals surface area (Å²) in [5.74, 6) is -1.07. The second-order valence-electron chi connectivity index (χ2n) is 6.36. The van der Waals surface area contributed by atoms with E-state index in [4.69, 9.17) is 16.3 Å². The van der Waals surface area contributed by atoms with Gasteiger partial charge >= 0.3 is 6.18 Å². The van der Waals surface area contributed by atoms with Crippen LogP contribution in [0, 0.1) is 0 Å². The number of alkyl halides is 3. The molecule has 0 aliphatic rings. The first-order chi connectivity index (χ1) is 14.0. The van der Waals surface area contributed by atoms with Crippen LogP contribution in [0.5, 0.6) is 5.75 Å². The van der Waals surface area contributed by atoms with E-state index in [0.29, 0.717) is 17.4 Å². The van der Waals surface area contributed by atoms with Gasteiger partial charge in [-0.1, -0.05) is 23.7 Å². The first kappa shape index (κ1) is 23.2.